The number of likely N-dealkylation sites (tertiary alicyclic amines) is 1. The van der Waals surface area contributed by atoms with Crippen LogP contribution in [0.15, 0.2) is 0 Å². The number of carbonyl (C=O) groups is 2. The molecule has 0 aliphatic carbocycles. The van der Waals surface area contributed by atoms with Crippen LogP contribution in [0.25, 0.3) is 0 Å². The van der Waals surface area contributed by atoms with Crippen LogP contribution in [0.2, 0.25) is 0 Å². The van der Waals surface area contributed by atoms with Crippen LogP contribution in [-0.2, 0) is 14.3 Å². The van der Waals surface area contributed by atoms with E-state index in [0.29, 0.717) is 26.1 Å². The first-order chi connectivity index (χ1) is 9.61. The van der Waals surface area contributed by atoms with Crippen LogP contribution < -0.4 is 10.6 Å². The molecule has 0 aromatic rings. The summed E-state index contributed by atoms with van der Waals surface area (Å²) >= 11 is 0. The quantitative estimate of drug-likeness (QED) is 0.785. The SMILES string of the molecule is CCC(=O)NC1CCCN(C(=O)[C@H]2NCCO[C@@H]2C)C1.Cl. The Bertz CT molecular complexity index is 367. The molecule has 2 aliphatic heterocycles. The van der Waals surface area contributed by atoms with E-state index < -0.39 is 0 Å². The molecule has 0 aromatic carbocycles. The lowest BCUT2D eigenvalue weighted by Crippen LogP contribution is -2.59. The second kappa shape index (κ2) is 8.56. The highest BCUT2D eigenvalue weighted by Crippen LogP contribution is 2.14. The third kappa shape index (κ3) is 4.83. The van der Waals surface area contributed by atoms with Gasteiger partial charge in [0.2, 0.25) is 11.8 Å². The van der Waals surface area contributed by atoms with E-state index in [0.717, 1.165) is 19.4 Å². The van der Waals surface area contributed by atoms with Gasteiger partial charge in [-0.15, -0.1) is 12.4 Å². The summed E-state index contributed by atoms with van der Waals surface area (Å²) in [5.41, 5.74) is 0. The number of morpholine rings is 1. The average molecular weight is 320 g/mol. The summed E-state index contributed by atoms with van der Waals surface area (Å²) in [5, 5.41) is 6.21. The normalized spacial score (nSPS) is 29.4. The van der Waals surface area contributed by atoms with Gasteiger partial charge < -0.3 is 20.3 Å². The van der Waals surface area contributed by atoms with Crippen molar-refractivity contribution in [2.45, 2.75) is 51.3 Å². The highest BCUT2D eigenvalue weighted by Gasteiger charge is 2.34. The molecule has 2 aliphatic rings. The van der Waals surface area contributed by atoms with E-state index in [-0.39, 0.29) is 42.4 Å². The molecule has 0 saturated carbocycles. The number of amides is 2. The van der Waals surface area contributed by atoms with Gasteiger partial charge in [0.05, 0.1) is 12.7 Å². The van der Waals surface area contributed by atoms with Gasteiger partial charge in [-0.05, 0) is 19.8 Å². The van der Waals surface area contributed by atoms with Crippen LogP contribution in [0, 0.1) is 0 Å². The number of nitrogens with one attached hydrogen (secondary N) is 2. The van der Waals surface area contributed by atoms with Gasteiger partial charge in [0.15, 0.2) is 0 Å². The standard InChI is InChI=1S/C14H25N3O3.ClH/c1-3-12(18)16-11-5-4-7-17(9-11)14(19)13-10(2)20-8-6-15-13;/h10-11,13,15H,3-9H2,1-2H3,(H,16,18);1H/t10-,11?,13+;/m1./s1. The number of rotatable bonds is 3. The maximum atomic E-state index is 12.5. The van der Waals surface area contributed by atoms with Crippen molar-refractivity contribution in [2.75, 3.05) is 26.2 Å². The Morgan fingerprint density at radius 3 is 2.86 bits per heavy atom. The molecule has 6 nitrogen and oxygen atoms in total. The van der Waals surface area contributed by atoms with Gasteiger partial charge in [0.1, 0.15) is 6.04 Å². The van der Waals surface area contributed by atoms with Crippen molar-refractivity contribution in [1.82, 2.24) is 15.5 Å². The highest BCUT2D eigenvalue weighted by atomic mass is 35.5. The molecule has 122 valence electrons. The largest absolute Gasteiger partial charge is 0.375 e. The van der Waals surface area contributed by atoms with Crippen molar-refractivity contribution in [3.05, 3.63) is 0 Å². The monoisotopic (exact) mass is 319 g/mol. The molecule has 1 unspecified atom stereocenters. The number of hydrogen-bond acceptors (Lipinski definition) is 4. The predicted octanol–water partition coefficient (Wildman–Crippen LogP) is 0.302. The molecular formula is C14H26ClN3O3. The van der Waals surface area contributed by atoms with Crippen molar-refractivity contribution in [3.63, 3.8) is 0 Å². The van der Waals surface area contributed by atoms with Crippen LogP contribution >= 0.6 is 12.4 Å². The second-order valence-corrected chi connectivity index (χ2v) is 5.55. The summed E-state index contributed by atoms with van der Waals surface area (Å²) in [5.74, 6) is 0.143. The number of nitrogens with zero attached hydrogens (tertiary/aromatic N) is 1. The fraction of sp³-hybridized carbons (Fsp3) is 0.857. The molecule has 7 heteroatoms. The van der Waals surface area contributed by atoms with Crippen LogP contribution in [0.5, 0.6) is 0 Å². The molecule has 2 N–H and O–H groups in total. The number of hydrogen-bond donors (Lipinski definition) is 2. The summed E-state index contributed by atoms with van der Waals surface area (Å²) < 4.78 is 5.53. The second-order valence-electron chi connectivity index (χ2n) is 5.55. The Balaban J connectivity index is 0.00000220. The van der Waals surface area contributed by atoms with E-state index in [2.05, 4.69) is 10.6 Å². The molecule has 0 spiro atoms. The fourth-order valence-electron chi connectivity index (χ4n) is 2.83. The predicted molar refractivity (Wildman–Crippen MR) is 82.5 cm³/mol. The van der Waals surface area contributed by atoms with Gasteiger partial charge in [0.25, 0.3) is 0 Å². The number of ether oxygens (including phenoxy) is 1. The molecule has 2 rings (SSSR count). The summed E-state index contributed by atoms with van der Waals surface area (Å²) in [6, 6.07) is -0.177. The summed E-state index contributed by atoms with van der Waals surface area (Å²) in [4.78, 5) is 25.9. The molecule has 3 atom stereocenters. The Labute approximate surface area is 132 Å². The van der Waals surface area contributed by atoms with Crippen molar-refractivity contribution >= 4 is 24.2 Å². The molecule has 0 radical (unpaired) electrons. The molecule has 0 aromatic heterocycles. The van der Waals surface area contributed by atoms with Gasteiger partial charge in [-0.2, -0.15) is 0 Å². The molecular weight excluding hydrogens is 294 g/mol. The minimum Gasteiger partial charge on any atom is -0.375 e. The van der Waals surface area contributed by atoms with E-state index in [9.17, 15) is 9.59 Å². The van der Waals surface area contributed by atoms with Gasteiger partial charge in [-0.1, -0.05) is 6.92 Å². The fourth-order valence-corrected chi connectivity index (χ4v) is 2.83. The van der Waals surface area contributed by atoms with E-state index in [1.54, 1.807) is 0 Å². The minimum absolute atomic E-state index is 0. The van der Waals surface area contributed by atoms with Crippen LogP contribution in [0.1, 0.15) is 33.1 Å². The zero-order chi connectivity index (χ0) is 14.5. The average Bonchev–Trinajstić information content (AvgIpc) is 2.47. The summed E-state index contributed by atoms with van der Waals surface area (Å²) in [7, 11) is 0. The Hall–Kier alpha value is -0.850. The minimum atomic E-state index is -0.260. The van der Waals surface area contributed by atoms with Crippen molar-refractivity contribution in [2.24, 2.45) is 0 Å². The van der Waals surface area contributed by atoms with Gasteiger partial charge >= 0.3 is 0 Å². The van der Waals surface area contributed by atoms with Crippen molar-refractivity contribution in [1.29, 1.82) is 0 Å². The Morgan fingerprint density at radius 1 is 1.43 bits per heavy atom. The smallest absolute Gasteiger partial charge is 0.242 e. The van der Waals surface area contributed by atoms with Gasteiger partial charge in [-0.3, -0.25) is 9.59 Å². The third-order valence-corrected chi connectivity index (χ3v) is 4.00. The molecule has 2 amide bonds. The zero-order valence-corrected chi connectivity index (χ0v) is 13.6. The van der Waals surface area contributed by atoms with Gasteiger partial charge in [0, 0.05) is 32.1 Å². The lowest BCUT2D eigenvalue weighted by atomic mass is 10.0. The molecule has 2 saturated heterocycles. The van der Waals surface area contributed by atoms with Crippen LogP contribution in [0.4, 0.5) is 0 Å². The van der Waals surface area contributed by atoms with Crippen LogP contribution in [0.3, 0.4) is 0 Å². The topological polar surface area (TPSA) is 70.7 Å². The maximum Gasteiger partial charge on any atom is 0.242 e. The van der Waals surface area contributed by atoms with E-state index >= 15 is 0 Å². The molecule has 0 bridgehead atoms. The number of carbonyl (C=O) groups excluding carboxylic acids is 2. The zero-order valence-electron chi connectivity index (χ0n) is 12.8. The first-order valence-corrected chi connectivity index (χ1v) is 7.55. The molecule has 21 heavy (non-hydrogen) atoms. The molecule has 2 fully saturated rings. The number of piperidine rings is 1. The molecule has 2 heterocycles. The van der Waals surface area contributed by atoms with Crippen LogP contribution in [-0.4, -0.2) is 61.1 Å². The lowest BCUT2D eigenvalue weighted by Gasteiger charge is -2.38. The lowest BCUT2D eigenvalue weighted by molar-refractivity contribution is -0.141. The van der Waals surface area contributed by atoms with Crippen molar-refractivity contribution < 1.29 is 14.3 Å². The first kappa shape index (κ1) is 18.2. The Kier molecular flexibility index (Phi) is 7.42. The van der Waals surface area contributed by atoms with E-state index in [1.165, 1.54) is 0 Å². The Morgan fingerprint density at radius 2 is 2.19 bits per heavy atom. The van der Waals surface area contributed by atoms with Gasteiger partial charge in [-0.25, -0.2) is 0 Å². The highest BCUT2D eigenvalue weighted by molar-refractivity contribution is 5.85. The summed E-state index contributed by atoms with van der Waals surface area (Å²) in [6.07, 6.45) is 2.27. The third-order valence-electron chi connectivity index (χ3n) is 4.00. The summed E-state index contributed by atoms with van der Waals surface area (Å²) in [6.45, 7) is 6.50. The number of halogens is 1. The first-order valence-electron chi connectivity index (χ1n) is 7.55. The maximum absolute atomic E-state index is 12.5. The van der Waals surface area contributed by atoms with E-state index in [4.69, 9.17) is 4.74 Å². The van der Waals surface area contributed by atoms with E-state index in [1.807, 2.05) is 18.7 Å². The van der Waals surface area contributed by atoms with Crippen molar-refractivity contribution in [3.8, 4) is 0 Å².